The van der Waals surface area contributed by atoms with Crippen LogP contribution in [0.15, 0.2) is 11.8 Å². The first kappa shape index (κ1) is 8.01. The summed E-state index contributed by atoms with van der Waals surface area (Å²) in [5.41, 5.74) is 0.792. The molecule has 0 radical (unpaired) electrons. The Bertz CT molecular complexity index is 129. The number of ether oxygens (including phenoxy) is 1. The van der Waals surface area contributed by atoms with Gasteiger partial charge in [0.2, 0.25) is 5.90 Å². The predicted molar refractivity (Wildman–Crippen MR) is 37.6 cm³/mol. The van der Waals surface area contributed by atoms with Crippen LogP contribution in [0.25, 0.3) is 0 Å². The van der Waals surface area contributed by atoms with Crippen LogP contribution in [0.5, 0.6) is 0 Å². The van der Waals surface area contributed by atoms with Crippen LogP contribution in [0, 0.1) is 5.41 Å². The van der Waals surface area contributed by atoms with E-state index in [0.717, 1.165) is 5.57 Å². The van der Waals surface area contributed by atoms with Crippen molar-refractivity contribution in [2.24, 2.45) is 0 Å². The fourth-order valence-electron chi connectivity index (χ4n) is 0.443. The molecule has 52 valence electrons. The monoisotopic (exact) mass is 128 g/mol. The first-order valence-corrected chi connectivity index (χ1v) is 2.69. The van der Waals surface area contributed by atoms with E-state index in [1.165, 1.54) is 7.11 Å². The molecular weight excluding hydrogens is 116 g/mol. The van der Waals surface area contributed by atoms with E-state index < -0.39 is 0 Å². The molecule has 0 spiro atoms. The molecule has 0 saturated heterocycles. The highest BCUT2D eigenvalue weighted by Gasteiger charge is 1.94. The van der Waals surface area contributed by atoms with Crippen molar-refractivity contribution < 1.29 is 4.74 Å². The topological polar surface area (TPSA) is 45.1 Å². The molecule has 0 atom stereocenters. The predicted octanol–water partition coefficient (Wildman–Crippen LogP) is 0.733. The van der Waals surface area contributed by atoms with E-state index in [9.17, 15) is 0 Å². The second-order valence-electron chi connectivity index (χ2n) is 1.65. The van der Waals surface area contributed by atoms with Gasteiger partial charge in [-0.15, -0.1) is 0 Å². The molecule has 0 rings (SSSR count). The Labute approximate surface area is 55.2 Å². The summed E-state index contributed by atoms with van der Waals surface area (Å²) in [7, 11) is 3.27. The molecule has 0 amide bonds. The molecule has 0 aliphatic heterocycles. The second kappa shape index (κ2) is 3.95. The van der Waals surface area contributed by atoms with Gasteiger partial charge in [-0.2, -0.15) is 0 Å². The van der Waals surface area contributed by atoms with Crippen LogP contribution < -0.4 is 5.32 Å². The third kappa shape index (κ3) is 2.74. The Hall–Kier alpha value is -0.990. The summed E-state index contributed by atoms with van der Waals surface area (Å²) >= 11 is 0. The van der Waals surface area contributed by atoms with E-state index in [4.69, 9.17) is 5.41 Å². The van der Waals surface area contributed by atoms with Gasteiger partial charge in [0, 0.05) is 18.8 Å². The summed E-state index contributed by atoms with van der Waals surface area (Å²) in [6.45, 7) is 1.81. The van der Waals surface area contributed by atoms with Crippen LogP contribution in [0.2, 0.25) is 0 Å². The van der Waals surface area contributed by atoms with Crippen molar-refractivity contribution >= 4 is 5.90 Å². The zero-order valence-corrected chi connectivity index (χ0v) is 5.99. The largest absolute Gasteiger partial charge is 0.481 e. The first-order chi connectivity index (χ1) is 4.22. The normalized spacial score (nSPS) is 10.8. The maximum atomic E-state index is 7.12. The smallest absolute Gasteiger partial charge is 0.209 e. The lowest BCUT2D eigenvalue weighted by Gasteiger charge is -1.99. The summed E-state index contributed by atoms with van der Waals surface area (Å²) in [6, 6.07) is 0. The molecule has 0 bridgehead atoms. The first-order valence-electron chi connectivity index (χ1n) is 2.69. The van der Waals surface area contributed by atoms with E-state index >= 15 is 0 Å². The molecule has 3 heteroatoms. The van der Waals surface area contributed by atoms with Gasteiger partial charge in [0.1, 0.15) is 0 Å². The highest BCUT2D eigenvalue weighted by molar-refractivity contribution is 5.89. The molecule has 0 aromatic rings. The number of methoxy groups -OCH3 is 1. The number of rotatable bonds is 2. The van der Waals surface area contributed by atoms with Gasteiger partial charge in [-0.05, 0) is 6.92 Å². The molecule has 0 unspecified atom stereocenters. The molecule has 0 aliphatic carbocycles. The Morgan fingerprint density at radius 2 is 2.22 bits per heavy atom. The third-order valence-electron chi connectivity index (χ3n) is 0.923. The minimum atomic E-state index is 0.198. The van der Waals surface area contributed by atoms with Crippen molar-refractivity contribution in [3.05, 3.63) is 11.8 Å². The van der Waals surface area contributed by atoms with Crippen LogP contribution in [-0.2, 0) is 4.74 Å². The lowest BCUT2D eigenvalue weighted by molar-refractivity contribution is 0.399. The van der Waals surface area contributed by atoms with E-state index in [1.807, 2.05) is 6.92 Å². The quantitative estimate of drug-likeness (QED) is 0.425. The lowest BCUT2D eigenvalue weighted by atomic mass is 10.3. The van der Waals surface area contributed by atoms with Crippen LogP contribution in [0.3, 0.4) is 0 Å². The van der Waals surface area contributed by atoms with E-state index in [0.29, 0.717) is 0 Å². The number of nitrogens with one attached hydrogen (secondary N) is 2. The molecule has 0 fully saturated rings. The number of hydrogen-bond acceptors (Lipinski definition) is 3. The van der Waals surface area contributed by atoms with Crippen LogP contribution in [-0.4, -0.2) is 20.1 Å². The van der Waals surface area contributed by atoms with Crippen LogP contribution in [0.4, 0.5) is 0 Å². The molecule has 0 aromatic carbocycles. The average molecular weight is 128 g/mol. The zero-order valence-electron chi connectivity index (χ0n) is 5.99. The average Bonchev–Trinajstić information content (AvgIpc) is 1.87. The molecule has 0 aliphatic rings. The second-order valence-corrected chi connectivity index (χ2v) is 1.65. The van der Waals surface area contributed by atoms with Gasteiger partial charge < -0.3 is 10.1 Å². The minimum absolute atomic E-state index is 0.198. The molecule has 0 aromatic heterocycles. The fraction of sp³-hybridized carbons (Fsp3) is 0.500. The summed E-state index contributed by atoms with van der Waals surface area (Å²) < 4.78 is 4.64. The van der Waals surface area contributed by atoms with Crippen LogP contribution >= 0.6 is 0 Å². The summed E-state index contributed by atoms with van der Waals surface area (Å²) in [4.78, 5) is 0. The van der Waals surface area contributed by atoms with Gasteiger partial charge >= 0.3 is 0 Å². The van der Waals surface area contributed by atoms with Crippen molar-refractivity contribution in [2.45, 2.75) is 6.92 Å². The van der Waals surface area contributed by atoms with E-state index in [1.54, 1.807) is 13.2 Å². The van der Waals surface area contributed by atoms with Crippen molar-refractivity contribution in [1.29, 1.82) is 5.41 Å². The summed E-state index contributed by atoms with van der Waals surface area (Å²) in [5.74, 6) is 0.198. The van der Waals surface area contributed by atoms with Gasteiger partial charge in [-0.3, -0.25) is 5.41 Å². The maximum Gasteiger partial charge on any atom is 0.209 e. The Kier molecular flexibility index (Phi) is 3.51. The van der Waals surface area contributed by atoms with Crippen molar-refractivity contribution in [2.75, 3.05) is 14.2 Å². The maximum absolute atomic E-state index is 7.12. The van der Waals surface area contributed by atoms with Crippen molar-refractivity contribution in [3.63, 3.8) is 0 Å². The highest BCUT2D eigenvalue weighted by atomic mass is 16.5. The standard InChI is InChI=1S/C6H12N2O/c1-5(4-8-2)6(7)9-3/h4,7-8H,1-3H3/b5-4-,7-6?. The number of hydrogen-bond donors (Lipinski definition) is 2. The Morgan fingerprint density at radius 1 is 1.67 bits per heavy atom. The van der Waals surface area contributed by atoms with Gasteiger partial charge in [0.05, 0.1) is 7.11 Å². The molecule has 0 saturated carbocycles. The molecule has 3 nitrogen and oxygen atoms in total. The van der Waals surface area contributed by atoms with Crippen LogP contribution in [0.1, 0.15) is 6.92 Å². The zero-order chi connectivity index (χ0) is 7.28. The molecule has 9 heavy (non-hydrogen) atoms. The fourth-order valence-corrected chi connectivity index (χ4v) is 0.443. The van der Waals surface area contributed by atoms with Crippen molar-refractivity contribution in [1.82, 2.24) is 5.32 Å². The molecular formula is C6H12N2O. The van der Waals surface area contributed by atoms with E-state index in [2.05, 4.69) is 10.1 Å². The lowest BCUT2D eigenvalue weighted by Crippen LogP contribution is -2.04. The van der Waals surface area contributed by atoms with Gasteiger partial charge in [-0.1, -0.05) is 0 Å². The summed E-state index contributed by atoms with van der Waals surface area (Å²) in [5, 5.41) is 9.92. The summed E-state index contributed by atoms with van der Waals surface area (Å²) in [6.07, 6.45) is 1.71. The van der Waals surface area contributed by atoms with Gasteiger partial charge in [0.25, 0.3) is 0 Å². The third-order valence-corrected chi connectivity index (χ3v) is 0.923. The Balaban J connectivity index is 3.86. The minimum Gasteiger partial charge on any atom is -0.481 e. The van der Waals surface area contributed by atoms with Gasteiger partial charge in [-0.25, -0.2) is 0 Å². The Morgan fingerprint density at radius 3 is 2.56 bits per heavy atom. The molecule has 0 heterocycles. The van der Waals surface area contributed by atoms with Crippen molar-refractivity contribution in [3.8, 4) is 0 Å². The SMILES string of the molecule is CN/C=C(/C)C(=N)OC. The van der Waals surface area contributed by atoms with Gasteiger partial charge in [0.15, 0.2) is 0 Å². The molecule has 2 N–H and O–H groups in total. The highest BCUT2D eigenvalue weighted by Crippen LogP contribution is 1.91. The van der Waals surface area contributed by atoms with E-state index in [-0.39, 0.29) is 5.90 Å².